The molecule has 1 aromatic heterocycles. The third-order valence-corrected chi connectivity index (χ3v) is 6.66. The maximum absolute atomic E-state index is 12.3. The highest BCUT2D eigenvalue weighted by Gasteiger charge is 2.22. The van der Waals surface area contributed by atoms with E-state index in [4.69, 9.17) is 0 Å². The van der Waals surface area contributed by atoms with E-state index in [1.807, 2.05) is 23.9 Å². The summed E-state index contributed by atoms with van der Waals surface area (Å²) in [5.74, 6) is 0. The maximum atomic E-state index is 12.3. The Hall–Kier alpha value is -2.64. The van der Waals surface area contributed by atoms with Gasteiger partial charge in [0.1, 0.15) is 0 Å². The number of aryl methyl sites for hydroxylation is 2. The van der Waals surface area contributed by atoms with Crippen molar-refractivity contribution in [1.82, 2.24) is 14.3 Å². The highest BCUT2D eigenvalue weighted by atomic mass is 32.2. The number of hydrogen-bond donors (Lipinski definition) is 2. The summed E-state index contributed by atoms with van der Waals surface area (Å²) in [6.07, 6.45) is 6.87. The lowest BCUT2D eigenvalue weighted by molar-refractivity contribution is 0.588. The summed E-state index contributed by atoms with van der Waals surface area (Å²) in [4.78, 5) is 4.67. The molecule has 1 aliphatic rings. The Labute approximate surface area is 165 Å². The first-order valence-corrected chi connectivity index (χ1v) is 10.9. The van der Waals surface area contributed by atoms with E-state index in [1.165, 1.54) is 18.2 Å². The minimum atomic E-state index is -3.53. The smallest absolute Gasteiger partial charge is 0.240 e. The van der Waals surface area contributed by atoms with Crippen LogP contribution in [0.2, 0.25) is 0 Å². The first-order valence-electron chi connectivity index (χ1n) is 9.38. The molecule has 1 atom stereocenters. The second-order valence-corrected chi connectivity index (χ2v) is 9.01. The fraction of sp³-hybridized carbons (Fsp3) is 0.286. The molecule has 6 nitrogen and oxygen atoms in total. The Morgan fingerprint density at radius 3 is 2.75 bits per heavy atom. The van der Waals surface area contributed by atoms with Gasteiger partial charge in [0.05, 0.1) is 23.0 Å². The van der Waals surface area contributed by atoms with E-state index in [0.29, 0.717) is 0 Å². The van der Waals surface area contributed by atoms with Gasteiger partial charge in [-0.1, -0.05) is 24.3 Å². The van der Waals surface area contributed by atoms with E-state index >= 15 is 0 Å². The molecule has 1 aliphatic carbocycles. The van der Waals surface area contributed by atoms with Crippen molar-refractivity contribution >= 4 is 15.7 Å². The SMILES string of the molecule is CNS(=O)(=O)c1ccc(N[C@@H]2CCCc3ccccc32)c(-c2cn(C)cn2)c1. The molecule has 1 heterocycles. The molecule has 0 aliphatic heterocycles. The molecule has 0 amide bonds. The Balaban J connectivity index is 1.77. The zero-order valence-electron chi connectivity index (χ0n) is 16.0. The van der Waals surface area contributed by atoms with Crippen LogP contribution >= 0.6 is 0 Å². The van der Waals surface area contributed by atoms with E-state index in [9.17, 15) is 8.42 Å². The molecule has 0 saturated heterocycles. The largest absolute Gasteiger partial charge is 0.378 e. The zero-order chi connectivity index (χ0) is 19.7. The van der Waals surface area contributed by atoms with Crippen LogP contribution in [-0.4, -0.2) is 25.0 Å². The van der Waals surface area contributed by atoms with Crippen LogP contribution in [0.3, 0.4) is 0 Å². The van der Waals surface area contributed by atoms with Gasteiger partial charge >= 0.3 is 0 Å². The van der Waals surface area contributed by atoms with E-state index in [1.54, 1.807) is 18.5 Å². The van der Waals surface area contributed by atoms with Gasteiger partial charge < -0.3 is 9.88 Å². The molecule has 0 saturated carbocycles. The molecule has 0 fully saturated rings. The van der Waals surface area contributed by atoms with Crippen molar-refractivity contribution in [2.24, 2.45) is 7.05 Å². The van der Waals surface area contributed by atoms with Crippen LogP contribution in [0, 0.1) is 0 Å². The van der Waals surface area contributed by atoms with Crippen LogP contribution < -0.4 is 10.0 Å². The van der Waals surface area contributed by atoms with Gasteiger partial charge in [-0.05, 0) is 55.6 Å². The Morgan fingerprint density at radius 2 is 2.00 bits per heavy atom. The van der Waals surface area contributed by atoms with Gasteiger partial charge in [0.15, 0.2) is 0 Å². The summed E-state index contributed by atoms with van der Waals surface area (Å²) in [6.45, 7) is 0. The molecule has 0 spiro atoms. The first-order chi connectivity index (χ1) is 13.5. The van der Waals surface area contributed by atoms with Crippen molar-refractivity contribution in [1.29, 1.82) is 0 Å². The predicted octanol–water partition coefficient (Wildman–Crippen LogP) is 3.48. The minimum absolute atomic E-state index is 0.194. The molecular weight excluding hydrogens is 372 g/mol. The average Bonchev–Trinajstić information content (AvgIpc) is 3.14. The molecule has 2 aromatic carbocycles. The van der Waals surface area contributed by atoms with E-state index in [2.05, 4.69) is 39.3 Å². The second-order valence-electron chi connectivity index (χ2n) is 7.13. The highest BCUT2D eigenvalue weighted by Crippen LogP contribution is 2.36. The van der Waals surface area contributed by atoms with Gasteiger partial charge in [-0.15, -0.1) is 0 Å². The molecular formula is C21H24N4O2S. The van der Waals surface area contributed by atoms with Crippen LogP contribution in [0.15, 0.2) is 59.9 Å². The van der Waals surface area contributed by atoms with Gasteiger partial charge in [0.25, 0.3) is 0 Å². The van der Waals surface area contributed by atoms with Gasteiger partial charge in [0, 0.05) is 24.5 Å². The van der Waals surface area contributed by atoms with E-state index in [0.717, 1.165) is 36.2 Å². The fourth-order valence-electron chi connectivity index (χ4n) is 3.79. The van der Waals surface area contributed by atoms with Crippen LogP contribution in [0.1, 0.15) is 30.0 Å². The normalized spacial score (nSPS) is 16.6. The quantitative estimate of drug-likeness (QED) is 0.692. The topological polar surface area (TPSA) is 76.0 Å². The molecule has 0 unspecified atom stereocenters. The van der Waals surface area contributed by atoms with Crippen molar-refractivity contribution < 1.29 is 8.42 Å². The number of nitrogens with one attached hydrogen (secondary N) is 2. The van der Waals surface area contributed by atoms with Gasteiger partial charge in [0.2, 0.25) is 10.0 Å². The number of imidazole rings is 1. The van der Waals surface area contributed by atoms with Crippen LogP contribution in [0.25, 0.3) is 11.3 Å². The number of hydrogen-bond acceptors (Lipinski definition) is 4. The van der Waals surface area contributed by atoms with Crippen molar-refractivity contribution in [2.45, 2.75) is 30.2 Å². The van der Waals surface area contributed by atoms with E-state index in [-0.39, 0.29) is 10.9 Å². The zero-order valence-corrected chi connectivity index (χ0v) is 16.8. The number of fused-ring (bicyclic) bond motifs is 1. The lowest BCUT2D eigenvalue weighted by Crippen LogP contribution is -2.20. The number of nitrogens with zero attached hydrogens (tertiary/aromatic N) is 2. The third kappa shape index (κ3) is 3.55. The molecule has 0 bridgehead atoms. The molecule has 3 aromatic rings. The molecule has 2 N–H and O–H groups in total. The van der Waals surface area contributed by atoms with Gasteiger partial charge in [-0.25, -0.2) is 18.1 Å². The number of anilines is 1. The number of aromatic nitrogens is 2. The summed E-state index contributed by atoms with van der Waals surface area (Å²) in [6, 6.07) is 13.9. The van der Waals surface area contributed by atoms with Crippen LogP contribution in [0.5, 0.6) is 0 Å². The first kappa shape index (κ1) is 18.7. The molecule has 0 radical (unpaired) electrons. The Bertz CT molecular complexity index is 1110. The van der Waals surface area contributed by atoms with Crippen LogP contribution in [0.4, 0.5) is 5.69 Å². The van der Waals surface area contributed by atoms with Crippen molar-refractivity contribution in [2.75, 3.05) is 12.4 Å². The molecule has 7 heteroatoms. The maximum Gasteiger partial charge on any atom is 0.240 e. The summed E-state index contributed by atoms with van der Waals surface area (Å²) >= 11 is 0. The summed E-state index contributed by atoms with van der Waals surface area (Å²) < 4.78 is 28.8. The van der Waals surface area contributed by atoms with Crippen molar-refractivity contribution in [3.8, 4) is 11.3 Å². The van der Waals surface area contributed by atoms with E-state index < -0.39 is 10.0 Å². The lowest BCUT2D eigenvalue weighted by atomic mass is 9.87. The number of sulfonamides is 1. The molecule has 28 heavy (non-hydrogen) atoms. The van der Waals surface area contributed by atoms with Crippen molar-refractivity contribution in [3.05, 3.63) is 66.1 Å². The molecule has 4 rings (SSSR count). The molecule has 146 valence electrons. The number of benzene rings is 2. The summed E-state index contributed by atoms with van der Waals surface area (Å²) in [5.41, 5.74) is 5.09. The summed E-state index contributed by atoms with van der Waals surface area (Å²) in [7, 11) is -0.217. The summed E-state index contributed by atoms with van der Waals surface area (Å²) in [5, 5.41) is 3.65. The Morgan fingerprint density at radius 1 is 1.18 bits per heavy atom. The third-order valence-electron chi connectivity index (χ3n) is 5.25. The average molecular weight is 397 g/mol. The number of rotatable bonds is 5. The van der Waals surface area contributed by atoms with Gasteiger partial charge in [-0.2, -0.15) is 0 Å². The van der Waals surface area contributed by atoms with Gasteiger partial charge in [-0.3, -0.25) is 0 Å². The Kier molecular flexibility index (Phi) is 4.95. The highest BCUT2D eigenvalue weighted by molar-refractivity contribution is 7.89. The fourth-order valence-corrected chi connectivity index (χ4v) is 4.55. The van der Waals surface area contributed by atoms with Crippen LogP contribution in [-0.2, 0) is 23.5 Å². The monoisotopic (exact) mass is 396 g/mol. The standard InChI is InChI=1S/C21H24N4O2S/c1-22-28(26,27)16-10-11-20(18(12-16)21-13-25(2)14-23-21)24-19-9-5-7-15-6-3-4-8-17(15)19/h3-4,6,8,10-14,19,22,24H,5,7,9H2,1-2H3/t19-/m1/s1. The second kappa shape index (κ2) is 7.41. The minimum Gasteiger partial charge on any atom is -0.378 e. The lowest BCUT2D eigenvalue weighted by Gasteiger charge is -2.28. The predicted molar refractivity (Wildman–Crippen MR) is 111 cm³/mol. The van der Waals surface area contributed by atoms with Crippen molar-refractivity contribution in [3.63, 3.8) is 0 Å².